The quantitative estimate of drug-likeness (QED) is 0.395. The van der Waals surface area contributed by atoms with E-state index in [1.54, 1.807) is 0 Å². The Bertz CT molecular complexity index is 807. The van der Waals surface area contributed by atoms with Crippen molar-refractivity contribution >= 4 is 35.6 Å². The summed E-state index contributed by atoms with van der Waals surface area (Å²) < 4.78 is 13.5. The molecule has 2 aromatic rings. The van der Waals surface area contributed by atoms with E-state index < -0.39 is 0 Å². The zero-order chi connectivity index (χ0) is 17.8. The van der Waals surface area contributed by atoms with Crippen molar-refractivity contribution in [1.29, 1.82) is 0 Å². The molecule has 0 unspecified atom stereocenters. The van der Waals surface area contributed by atoms with Gasteiger partial charge in [0.1, 0.15) is 12.4 Å². The summed E-state index contributed by atoms with van der Waals surface area (Å²) in [6.45, 7) is 2.70. The molecular formula is C18H25IN6O2. The van der Waals surface area contributed by atoms with Crippen LogP contribution < -0.4 is 20.5 Å². The Morgan fingerprint density at radius 1 is 1.11 bits per heavy atom. The molecule has 0 radical (unpaired) electrons. The second kappa shape index (κ2) is 9.25. The first-order valence-corrected chi connectivity index (χ1v) is 9.17. The molecule has 9 heteroatoms. The van der Waals surface area contributed by atoms with Gasteiger partial charge >= 0.3 is 0 Å². The molecule has 0 atom stereocenters. The largest absolute Gasteiger partial charge is 0.490 e. The van der Waals surface area contributed by atoms with Crippen LogP contribution in [0.2, 0.25) is 0 Å². The third-order valence-electron chi connectivity index (χ3n) is 4.60. The van der Waals surface area contributed by atoms with E-state index in [0.29, 0.717) is 25.7 Å². The van der Waals surface area contributed by atoms with Gasteiger partial charge in [-0.2, -0.15) is 0 Å². The molecule has 27 heavy (non-hydrogen) atoms. The monoisotopic (exact) mass is 484 g/mol. The number of aryl methyl sites for hydroxylation is 1. The number of ether oxygens (including phenoxy) is 2. The molecular weight excluding hydrogens is 459 g/mol. The number of anilines is 1. The van der Waals surface area contributed by atoms with Gasteiger partial charge in [0.25, 0.3) is 0 Å². The van der Waals surface area contributed by atoms with E-state index in [2.05, 4.69) is 25.1 Å². The lowest BCUT2D eigenvalue weighted by Gasteiger charge is -2.11. The third-order valence-corrected chi connectivity index (χ3v) is 4.60. The standard InChI is InChI=1S/C18H24N6O2.HI/c19-18(20-12-17-23-22-16-5-2-1-3-8-24(16)17)21-13-6-7-14-15(11-13)26-10-4-9-25-14;/h6-7,11H,1-5,8-10,12H2,(H3,19,20,21);1H. The van der Waals surface area contributed by atoms with Crippen molar-refractivity contribution in [1.82, 2.24) is 14.8 Å². The number of fused-ring (bicyclic) bond motifs is 2. The van der Waals surface area contributed by atoms with Gasteiger partial charge in [0.2, 0.25) is 0 Å². The van der Waals surface area contributed by atoms with Crippen LogP contribution in [0.15, 0.2) is 23.2 Å². The number of nitrogens with zero attached hydrogens (tertiary/aromatic N) is 4. The van der Waals surface area contributed by atoms with Crippen molar-refractivity contribution in [2.24, 2.45) is 10.7 Å². The Kier molecular flexibility index (Phi) is 6.75. The fraction of sp³-hybridized carbons (Fsp3) is 0.500. The third kappa shape index (κ3) is 4.82. The highest BCUT2D eigenvalue weighted by atomic mass is 127. The highest BCUT2D eigenvalue weighted by Gasteiger charge is 2.14. The Hall–Kier alpha value is -2.04. The summed E-state index contributed by atoms with van der Waals surface area (Å²) in [5.41, 5.74) is 6.86. The van der Waals surface area contributed by atoms with E-state index in [1.165, 1.54) is 12.8 Å². The number of nitrogens with two attached hydrogens (primary N) is 1. The van der Waals surface area contributed by atoms with Gasteiger partial charge in [-0.15, -0.1) is 34.2 Å². The van der Waals surface area contributed by atoms with Crippen LogP contribution in [0.4, 0.5) is 5.69 Å². The van der Waals surface area contributed by atoms with E-state index >= 15 is 0 Å². The first-order chi connectivity index (χ1) is 12.8. The van der Waals surface area contributed by atoms with E-state index in [0.717, 1.165) is 54.6 Å². The molecule has 3 N–H and O–H groups in total. The first kappa shape index (κ1) is 19.7. The molecule has 0 amide bonds. The maximum Gasteiger partial charge on any atom is 0.193 e. The number of hydrogen-bond donors (Lipinski definition) is 2. The molecule has 4 rings (SSSR count). The van der Waals surface area contributed by atoms with Crippen LogP contribution in [0.25, 0.3) is 0 Å². The van der Waals surface area contributed by atoms with Crippen LogP contribution in [0.3, 0.4) is 0 Å². The molecule has 0 saturated carbocycles. The van der Waals surface area contributed by atoms with E-state index in [9.17, 15) is 0 Å². The summed E-state index contributed by atoms with van der Waals surface area (Å²) in [7, 11) is 0. The molecule has 2 aliphatic heterocycles. The number of hydrogen-bond acceptors (Lipinski definition) is 5. The average Bonchev–Trinajstić information content (AvgIpc) is 2.83. The molecule has 0 bridgehead atoms. The van der Waals surface area contributed by atoms with Gasteiger partial charge in [-0.25, -0.2) is 4.99 Å². The SMILES string of the molecule is I.NC(=NCc1nnc2n1CCCCC2)Nc1ccc2c(c1)OCCCO2. The van der Waals surface area contributed by atoms with Gasteiger partial charge in [-0.1, -0.05) is 6.42 Å². The van der Waals surface area contributed by atoms with Gasteiger partial charge in [-0.05, 0) is 25.0 Å². The molecule has 1 aromatic heterocycles. The number of benzene rings is 1. The second-order valence-electron chi connectivity index (χ2n) is 6.53. The first-order valence-electron chi connectivity index (χ1n) is 9.17. The van der Waals surface area contributed by atoms with Crippen molar-refractivity contribution in [2.75, 3.05) is 18.5 Å². The Labute approximate surface area is 175 Å². The predicted octanol–water partition coefficient (Wildman–Crippen LogP) is 2.71. The smallest absolute Gasteiger partial charge is 0.193 e. The molecule has 3 heterocycles. The maximum atomic E-state index is 6.05. The second-order valence-corrected chi connectivity index (χ2v) is 6.53. The number of aromatic nitrogens is 3. The van der Waals surface area contributed by atoms with Gasteiger partial charge in [0, 0.05) is 31.1 Å². The van der Waals surface area contributed by atoms with E-state index in [-0.39, 0.29) is 24.0 Å². The van der Waals surface area contributed by atoms with E-state index in [4.69, 9.17) is 15.2 Å². The Morgan fingerprint density at radius 3 is 2.85 bits per heavy atom. The van der Waals surface area contributed by atoms with Gasteiger partial charge in [-0.3, -0.25) is 0 Å². The number of rotatable bonds is 3. The van der Waals surface area contributed by atoms with Crippen LogP contribution in [0, 0.1) is 0 Å². The molecule has 1 aromatic carbocycles. The lowest BCUT2D eigenvalue weighted by atomic mass is 10.2. The summed E-state index contributed by atoms with van der Waals surface area (Å²) >= 11 is 0. The van der Waals surface area contributed by atoms with Crippen LogP contribution >= 0.6 is 24.0 Å². The zero-order valence-corrected chi connectivity index (χ0v) is 17.5. The van der Waals surface area contributed by atoms with Gasteiger partial charge in [0.15, 0.2) is 23.3 Å². The van der Waals surface area contributed by atoms with Crippen molar-refractivity contribution in [3.63, 3.8) is 0 Å². The highest BCUT2D eigenvalue weighted by Crippen LogP contribution is 2.32. The number of nitrogens with one attached hydrogen (secondary N) is 1. The van der Waals surface area contributed by atoms with Crippen molar-refractivity contribution in [2.45, 2.75) is 45.2 Å². The van der Waals surface area contributed by atoms with Crippen LogP contribution in [-0.2, 0) is 19.5 Å². The van der Waals surface area contributed by atoms with Gasteiger partial charge in [0.05, 0.1) is 13.2 Å². The van der Waals surface area contributed by atoms with Crippen LogP contribution in [0.1, 0.15) is 37.3 Å². The van der Waals surface area contributed by atoms with Gasteiger partial charge < -0.3 is 25.1 Å². The van der Waals surface area contributed by atoms with Crippen molar-refractivity contribution < 1.29 is 9.47 Å². The van der Waals surface area contributed by atoms with Crippen molar-refractivity contribution in [3.05, 3.63) is 29.8 Å². The minimum Gasteiger partial charge on any atom is -0.490 e. The molecule has 2 aliphatic rings. The minimum absolute atomic E-state index is 0. The fourth-order valence-corrected chi connectivity index (χ4v) is 3.25. The number of guanidine groups is 1. The maximum absolute atomic E-state index is 6.05. The molecule has 0 aliphatic carbocycles. The molecule has 0 saturated heterocycles. The number of aliphatic imine (C=N–C) groups is 1. The lowest BCUT2D eigenvalue weighted by molar-refractivity contribution is 0.297. The summed E-state index contributed by atoms with van der Waals surface area (Å²) in [6, 6.07) is 5.67. The lowest BCUT2D eigenvalue weighted by Crippen LogP contribution is -2.23. The van der Waals surface area contributed by atoms with Crippen LogP contribution in [0.5, 0.6) is 11.5 Å². The van der Waals surface area contributed by atoms with E-state index in [1.807, 2.05) is 18.2 Å². The Morgan fingerprint density at radius 2 is 1.96 bits per heavy atom. The average molecular weight is 484 g/mol. The fourth-order valence-electron chi connectivity index (χ4n) is 3.25. The molecule has 0 spiro atoms. The topological polar surface area (TPSA) is 99.6 Å². The Balaban J connectivity index is 0.00000210. The van der Waals surface area contributed by atoms with Crippen LogP contribution in [-0.4, -0.2) is 33.9 Å². The minimum atomic E-state index is 0. The normalized spacial score (nSPS) is 16.5. The predicted molar refractivity (Wildman–Crippen MR) is 114 cm³/mol. The molecule has 146 valence electrons. The zero-order valence-electron chi connectivity index (χ0n) is 15.2. The summed E-state index contributed by atoms with van der Waals surface area (Å²) in [4.78, 5) is 4.42. The molecule has 8 nitrogen and oxygen atoms in total. The summed E-state index contributed by atoms with van der Waals surface area (Å²) in [5.74, 6) is 3.75. The molecule has 0 fully saturated rings. The summed E-state index contributed by atoms with van der Waals surface area (Å²) in [6.07, 6.45) is 5.44. The van der Waals surface area contributed by atoms with Crippen molar-refractivity contribution in [3.8, 4) is 11.5 Å². The number of halogens is 1. The highest BCUT2D eigenvalue weighted by molar-refractivity contribution is 14.0. The summed E-state index contributed by atoms with van der Waals surface area (Å²) in [5, 5.41) is 11.7.